The van der Waals surface area contributed by atoms with Crippen LogP contribution >= 0.6 is 0 Å². The highest BCUT2D eigenvalue weighted by Gasteiger charge is 1.99. The molecule has 0 bridgehead atoms. The Labute approximate surface area is 100.0 Å². The fourth-order valence-corrected chi connectivity index (χ4v) is 1.92. The smallest absolute Gasteiger partial charge is 0.0889 e. The third kappa shape index (κ3) is 2.16. The molecule has 0 aliphatic carbocycles. The molecule has 0 unspecified atom stereocenters. The van der Waals surface area contributed by atoms with E-state index in [0.29, 0.717) is 0 Å². The predicted molar refractivity (Wildman–Crippen MR) is 68.8 cm³/mol. The van der Waals surface area contributed by atoms with Gasteiger partial charge in [0.05, 0.1) is 11.0 Å². The van der Waals surface area contributed by atoms with Gasteiger partial charge in [0.25, 0.3) is 0 Å². The van der Waals surface area contributed by atoms with E-state index < -0.39 is 0 Å². The Balaban J connectivity index is 1.96. The summed E-state index contributed by atoms with van der Waals surface area (Å²) >= 11 is 0. The second kappa shape index (κ2) is 4.34. The lowest BCUT2D eigenvalue weighted by atomic mass is 10.1. The van der Waals surface area contributed by atoms with Gasteiger partial charge in [0.2, 0.25) is 0 Å². The number of fused-ring (bicyclic) bond motifs is 1. The maximum absolute atomic E-state index is 4.41. The zero-order valence-electron chi connectivity index (χ0n) is 9.38. The molecule has 0 saturated heterocycles. The first-order valence-corrected chi connectivity index (χ1v) is 5.65. The number of aromatic nitrogens is 2. The molecule has 0 radical (unpaired) electrons. The minimum Gasteiger partial charge on any atom is -0.255 e. The van der Waals surface area contributed by atoms with E-state index in [1.807, 2.05) is 24.4 Å². The topological polar surface area (TPSA) is 25.8 Å². The van der Waals surface area contributed by atoms with Crippen molar-refractivity contribution >= 4 is 11.0 Å². The highest BCUT2D eigenvalue weighted by molar-refractivity contribution is 5.74. The largest absolute Gasteiger partial charge is 0.255 e. The third-order valence-electron chi connectivity index (χ3n) is 2.76. The van der Waals surface area contributed by atoms with Gasteiger partial charge in [-0.25, -0.2) is 0 Å². The van der Waals surface area contributed by atoms with Crippen molar-refractivity contribution in [3.8, 4) is 0 Å². The molecule has 0 aliphatic heterocycles. The lowest BCUT2D eigenvalue weighted by Gasteiger charge is -2.02. The Morgan fingerprint density at radius 3 is 2.53 bits per heavy atom. The van der Waals surface area contributed by atoms with Crippen molar-refractivity contribution in [2.75, 3.05) is 0 Å². The molecule has 0 amide bonds. The first-order chi connectivity index (χ1) is 8.42. The van der Waals surface area contributed by atoms with Crippen LogP contribution in [0.5, 0.6) is 0 Å². The van der Waals surface area contributed by atoms with Crippen LogP contribution in [0.1, 0.15) is 11.1 Å². The van der Waals surface area contributed by atoms with Crippen LogP contribution in [0.4, 0.5) is 0 Å². The molecule has 0 spiro atoms. The van der Waals surface area contributed by atoms with E-state index in [-0.39, 0.29) is 0 Å². The van der Waals surface area contributed by atoms with Crippen LogP contribution in [0.15, 0.2) is 60.9 Å². The summed E-state index contributed by atoms with van der Waals surface area (Å²) < 4.78 is 0. The van der Waals surface area contributed by atoms with Gasteiger partial charge in [-0.2, -0.15) is 0 Å². The van der Waals surface area contributed by atoms with Crippen LogP contribution in [0, 0.1) is 0 Å². The summed E-state index contributed by atoms with van der Waals surface area (Å²) in [5, 5.41) is 0. The number of hydrogen-bond acceptors (Lipinski definition) is 2. The van der Waals surface area contributed by atoms with Crippen molar-refractivity contribution < 1.29 is 0 Å². The first-order valence-electron chi connectivity index (χ1n) is 5.65. The van der Waals surface area contributed by atoms with Gasteiger partial charge in [-0.05, 0) is 35.7 Å². The van der Waals surface area contributed by atoms with Gasteiger partial charge in [-0.15, -0.1) is 0 Å². The Morgan fingerprint density at radius 1 is 0.765 bits per heavy atom. The molecule has 0 N–H and O–H groups in total. The highest BCUT2D eigenvalue weighted by atomic mass is 14.7. The third-order valence-corrected chi connectivity index (χ3v) is 2.76. The zero-order chi connectivity index (χ0) is 11.5. The molecule has 2 heteroatoms. The summed E-state index contributed by atoms with van der Waals surface area (Å²) in [5.74, 6) is 0. The summed E-state index contributed by atoms with van der Waals surface area (Å²) in [6, 6.07) is 16.4. The number of pyridine rings is 2. The molecule has 17 heavy (non-hydrogen) atoms. The van der Waals surface area contributed by atoms with Gasteiger partial charge in [0, 0.05) is 12.4 Å². The van der Waals surface area contributed by atoms with Gasteiger partial charge in [0.15, 0.2) is 0 Å². The molecule has 82 valence electrons. The van der Waals surface area contributed by atoms with Gasteiger partial charge >= 0.3 is 0 Å². The maximum Gasteiger partial charge on any atom is 0.0889 e. The van der Waals surface area contributed by atoms with Crippen LogP contribution in [-0.2, 0) is 6.42 Å². The maximum atomic E-state index is 4.41. The van der Waals surface area contributed by atoms with Crippen LogP contribution < -0.4 is 0 Å². The van der Waals surface area contributed by atoms with E-state index >= 15 is 0 Å². The predicted octanol–water partition coefficient (Wildman–Crippen LogP) is 3.22. The fourth-order valence-electron chi connectivity index (χ4n) is 1.92. The fraction of sp³-hybridized carbons (Fsp3) is 0.0667. The average Bonchev–Trinajstić information content (AvgIpc) is 2.40. The molecule has 0 aliphatic rings. The molecule has 1 aromatic carbocycles. The van der Waals surface area contributed by atoms with Crippen LogP contribution in [0.2, 0.25) is 0 Å². The van der Waals surface area contributed by atoms with Crippen LogP contribution in [-0.4, -0.2) is 9.97 Å². The normalized spacial score (nSPS) is 10.6. The van der Waals surface area contributed by atoms with Crippen molar-refractivity contribution in [3.63, 3.8) is 0 Å². The summed E-state index contributed by atoms with van der Waals surface area (Å²) in [5.41, 5.74) is 4.40. The molecule has 3 rings (SSSR count). The Hall–Kier alpha value is -2.22. The van der Waals surface area contributed by atoms with E-state index in [0.717, 1.165) is 17.5 Å². The van der Waals surface area contributed by atoms with Crippen LogP contribution in [0.3, 0.4) is 0 Å². The summed E-state index contributed by atoms with van der Waals surface area (Å²) in [7, 11) is 0. The molecule has 2 heterocycles. The average molecular weight is 220 g/mol. The van der Waals surface area contributed by atoms with Crippen LogP contribution in [0.25, 0.3) is 11.0 Å². The zero-order valence-corrected chi connectivity index (χ0v) is 9.38. The van der Waals surface area contributed by atoms with E-state index in [1.54, 1.807) is 6.20 Å². The van der Waals surface area contributed by atoms with Crippen molar-refractivity contribution in [1.82, 2.24) is 9.97 Å². The van der Waals surface area contributed by atoms with Crippen molar-refractivity contribution in [2.45, 2.75) is 6.42 Å². The molecule has 0 atom stereocenters. The Kier molecular flexibility index (Phi) is 2.54. The Bertz CT molecular complexity index is 633. The summed E-state index contributed by atoms with van der Waals surface area (Å²) in [6.45, 7) is 0. The van der Waals surface area contributed by atoms with Gasteiger partial charge in [0.1, 0.15) is 0 Å². The number of nitrogens with zero attached hydrogens (tertiary/aromatic N) is 2. The molecule has 0 fully saturated rings. The van der Waals surface area contributed by atoms with Crippen molar-refractivity contribution in [2.24, 2.45) is 0 Å². The van der Waals surface area contributed by atoms with Gasteiger partial charge in [-0.3, -0.25) is 9.97 Å². The lowest BCUT2D eigenvalue weighted by molar-refractivity contribution is 1.16. The Morgan fingerprint density at radius 2 is 1.65 bits per heavy atom. The minimum atomic E-state index is 0.903. The second-order valence-electron chi connectivity index (χ2n) is 4.05. The second-order valence-corrected chi connectivity index (χ2v) is 4.05. The quantitative estimate of drug-likeness (QED) is 0.662. The van der Waals surface area contributed by atoms with Crippen molar-refractivity contribution in [1.29, 1.82) is 0 Å². The van der Waals surface area contributed by atoms with E-state index in [4.69, 9.17) is 0 Å². The highest BCUT2D eigenvalue weighted by Crippen LogP contribution is 2.13. The number of hydrogen-bond donors (Lipinski definition) is 0. The number of rotatable bonds is 2. The molecule has 0 saturated carbocycles. The van der Waals surface area contributed by atoms with Gasteiger partial charge < -0.3 is 0 Å². The molecule has 2 aromatic heterocycles. The van der Waals surface area contributed by atoms with E-state index in [2.05, 4.69) is 40.3 Å². The lowest BCUT2D eigenvalue weighted by Crippen LogP contribution is -1.90. The molecule has 3 aromatic rings. The van der Waals surface area contributed by atoms with Crippen molar-refractivity contribution in [3.05, 3.63) is 72.1 Å². The molecular weight excluding hydrogens is 208 g/mol. The van der Waals surface area contributed by atoms with E-state index in [9.17, 15) is 0 Å². The summed E-state index contributed by atoms with van der Waals surface area (Å²) in [6.07, 6.45) is 4.63. The minimum absolute atomic E-state index is 0.903. The summed E-state index contributed by atoms with van der Waals surface area (Å²) in [4.78, 5) is 8.74. The SMILES string of the molecule is c1ccc(Cc2cnc3cccnc3c2)cc1. The van der Waals surface area contributed by atoms with Gasteiger partial charge in [-0.1, -0.05) is 30.3 Å². The molecular formula is C15H12N2. The molecule has 2 nitrogen and oxygen atoms in total. The van der Waals surface area contributed by atoms with E-state index in [1.165, 1.54) is 11.1 Å². The number of benzene rings is 1. The standard InChI is InChI=1S/C15H12N2/c1-2-5-12(6-3-1)9-13-10-15-14(17-11-13)7-4-8-16-15/h1-8,10-11H,9H2. The monoisotopic (exact) mass is 220 g/mol. The first kappa shape index (κ1) is 9.97.